The van der Waals surface area contributed by atoms with Gasteiger partial charge in [-0.25, -0.2) is 0 Å². The number of para-hydroxylation sites is 1. The standard InChI is InChI=1S/C26H25N3O2/c1-15(30)27-17-10-8-16(9-11-17)12-20-25-23(18-6-4-5-7-19(18)29-25)24-21(28-20)13-26(2,3)14-22(24)31/h4-11,29H,12-14H2,1-3H3,(H,27,30). The molecule has 1 aliphatic rings. The number of pyridine rings is 1. The number of aromatic nitrogens is 2. The molecule has 0 unspecified atom stereocenters. The van der Waals surface area contributed by atoms with Crippen LogP contribution < -0.4 is 5.32 Å². The SMILES string of the molecule is CC(=O)Nc1ccc(Cc2nc3c(c4c2[nH]c2ccccc24)C(=O)CC(C)(C)C3)cc1. The van der Waals surface area contributed by atoms with Crippen LogP contribution in [-0.4, -0.2) is 21.7 Å². The first-order chi connectivity index (χ1) is 14.8. The van der Waals surface area contributed by atoms with Gasteiger partial charge in [0, 0.05) is 47.3 Å². The number of aromatic amines is 1. The summed E-state index contributed by atoms with van der Waals surface area (Å²) in [7, 11) is 0. The van der Waals surface area contributed by atoms with Crippen molar-refractivity contribution in [3.05, 3.63) is 71.0 Å². The molecule has 1 aliphatic carbocycles. The summed E-state index contributed by atoms with van der Waals surface area (Å²) in [6, 6.07) is 16.0. The van der Waals surface area contributed by atoms with Crippen LogP contribution in [0.1, 0.15) is 54.5 Å². The highest BCUT2D eigenvalue weighted by molar-refractivity contribution is 6.19. The van der Waals surface area contributed by atoms with Crippen LogP contribution in [-0.2, 0) is 17.6 Å². The Kier molecular flexibility index (Phi) is 4.43. The summed E-state index contributed by atoms with van der Waals surface area (Å²) in [5.41, 5.74) is 6.39. The van der Waals surface area contributed by atoms with Gasteiger partial charge in [-0.1, -0.05) is 44.2 Å². The van der Waals surface area contributed by atoms with Crippen molar-refractivity contribution in [2.24, 2.45) is 5.41 Å². The second-order valence-corrected chi connectivity index (χ2v) is 9.30. The molecule has 31 heavy (non-hydrogen) atoms. The molecule has 2 heterocycles. The average Bonchev–Trinajstić information content (AvgIpc) is 3.08. The highest BCUT2D eigenvalue weighted by atomic mass is 16.1. The third kappa shape index (κ3) is 3.50. The molecule has 0 bridgehead atoms. The molecule has 4 aromatic rings. The summed E-state index contributed by atoms with van der Waals surface area (Å²) in [5, 5.41) is 4.88. The Morgan fingerprint density at radius 2 is 1.84 bits per heavy atom. The summed E-state index contributed by atoms with van der Waals surface area (Å²) in [4.78, 5) is 33.0. The zero-order chi connectivity index (χ0) is 21.8. The van der Waals surface area contributed by atoms with Crippen molar-refractivity contribution in [1.82, 2.24) is 9.97 Å². The van der Waals surface area contributed by atoms with Crippen LogP contribution in [0.4, 0.5) is 5.69 Å². The van der Waals surface area contributed by atoms with E-state index in [0.29, 0.717) is 12.8 Å². The van der Waals surface area contributed by atoms with Gasteiger partial charge in [-0.3, -0.25) is 14.6 Å². The van der Waals surface area contributed by atoms with Gasteiger partial charge in [0.25, 0.3) is 0 Å². The lowest BCUT2D eigenvalue weighted by Crippen LogP contribution is -2.28. The van der Waals surface area contributed by atoms with Crippen LogP contribution in [0.15, 0.2) is 48.5 Å². The molecule has 156 valence electrons. The zero-order valence-electron chi connectivity index (χ0n) is 18.0. The maximum atomic E-state index is 13.2. The van der Waals surface area contributed by atoms with Crippen molar-refractivity contribution in [2.75, 3.05) is 5.32 Å². The predicted octanol–water partition coefficient (Wildman–Crippen LogP) is 5.42. The lowest BCUT2D eigenvalue weighted by atomic mass is 9.74. The molecule has 0 radical (unpaired) electrons. The fourth-order valence-electron chi connectivity index (χ4n) is 4.73. The predicted molar refractivity (Wildman–Crippen MR) is 124 cm³/mol. The van der Waals surface area contributed by atoms with Crippen molar-refractivity contribution in [3.8, 4) is 0 Å². The number of Topliss-reactive ketones (excluding diaryl/α,β-unsaturated/α-hetero) is 1. The third-order valence-corrected chi connectivity index (χ3v) is 6.01. The van der Waals surface area contributed by atoms with Crippen LogP contribution in [0.2, 0.25) is 0 Å². The van der Waals surface area contributed by atoms with E-state index in [1.807, 2.05) is 42.5 Å². The number of nitrogens with zero attached hydrogens (tertiary/aromatic N) is 1. The molecule has 0 spiro atoms. The normalized spacial score (nSPS) is 15.3. The van der Waals surface area contributed by atoms with Gasteiger partial charge in [0.15, 0.2) is 5.78 Å². The number of amides is 1. The molecule has 5 nitrogen and oxygen atoms in total. The van der Waals surface area contributed by atoms with Gasteiger partial charge in [-0.15, -0.1) is 0 Å². The quantitative estimate of drug-likeness (QED) is 0.473. The molecule has 5 heteroatoms. The molecular formula is C26H25N3O2. The van der Waals surface area contributed by atoms with Gasteiger partial charge in [-0.05, 0) is 35.6 Å². The van der Waals surface area contributed by atoms with E-state index >= 15 is 0 Å². The van der Waals surface area contributed by atoms with E-state index in [4.69, 9.17) is 4.98 Å². The number of benzene rings is 2. The highest BCUT2D eigenvalue weighted by Gasteiger charge is 2.34. The Labute approximate surface area is 180 Å². The van der Waals surface area contributed by atoms with Crippen molar-refractivity contribution < 1.29 is 9.59 Å². The van der Waals surface area contributed by atoms with Crippen LogP contribution in [0.5, 0.6) is 0 Å². The summed E-state index contributed by atoms with van der Waals surface area (Å²) < 4.78 is 0. The molecule has 2 aromatic heterocycles. The van der Waals surface area contributed by atoms with Gasteiger partial charge in [0.1, 0.15) is 0 Å². The number of hydrogen-bond acceptors (Lipinski definition) is 3. The summed E-state index contributed by atoms with van der Waals surface area (Å²) >= 11 is 0. The first kappa shape index (κ1) is 19.5. The third-order valence-electron chi connectivity index (χ3n) is 6.01. The molecule has 0 atom stereocenters. The second-order valence-electron chi connectivity index (χ2n) is 9.30. The number of nitrogens with one attached hydrogen (secondary N) is 2. The Bertz CT molecular complexity index is 1350. The van der Waals surface area contributed by atoms with E-state index in [1.54, 1.807) is 0 Å². The van der Waals surface area contributed by atoms with Crippen LogP contribution >= 0.6 is 0 Å². The van der Waals surface area contributed by atoms with Crippen molar-refractivity contribution >= 4 is 39.2 Å². The summed E-state index contributed by atoms with van der Waals surface area (Å²) in [5.74, 6) is 0.0934. The van der Waals surface area contributed by atoms with Crippen LogP contribution in [0.25, 0.3) is 21.8 Å². The van der Waals surface area contributed by atoms with Crippen LogP contribution in [0.3, 0.4) is 0 Å². The number of rotatable bonds is 3. The highest BCUT2D eigenvalue weighted by Crippen LogP contribution is 2.40. The number of carbonyl (C=O) groups is 2. The average molecular weight is 412 g/mol. The lowest BCUT2D eigenvalue weighted by Gasteiger charge is -2.30. The first-order valence-electron chi connectivity index (χ1n) is 10.6. The number of carbonyl (C=O) groups excluding carboxylic acids is 2. The van der Waals surface area contributed by atoms with E-state index in [1.165, 1.54) is 6.92 Å². The molecule has 2 aromatic carbocycles. The Morgan fingerprint density at radius 1 is 1.10 bits per heavy atom. The molecule has 2 N–H and O–H groups in total. The van der Waals surface area contributed by atoms with Crippen molar-refractivity contribution in [3.63, 3.8) is 0 Å². The summed E-state index contributed by atoms with van der Waals surface area (Å²) in [6.07, 6.45) is 1.98. The lowest BCUT2D eigenvalue weighted by molar-refractivity contribution is -0.114. The fourth-order valence-corrected chi connectivity index (χ4v) is 4.73. The van der Waals surface area contributed by atoms with E-state index in [9.17, 15) is 9.59 Å². The number of H-pyrrole nitrogens is 1. The maximum Gasteiger partial charge on any atom is 0.221 e. The van der Waals surface area contributed by atoms with Gasteiger partial charge in [-0.2, -0.15) is 0 Å². The van der Waals surface area contributed by atoms with E-state index in [-0.39, 0.29) is 17.1 Å². The molecule has 0 fully saturated rings. The number of anilines is 1. The number of ketones is 1. The molecule has 5 rings (SSSR count). The minimum Gasteiger partial charge on any atom is -0.353 e. The topological polar surface area (TPSA) is 74.8 Å². The number of hydrogen-bond donors (Lipinski definition) is 2. The molecule has 0 saturated carbocycles. The molecule has 0 aliphatic heterocycles. The minimum atomic E-state index is -0.0891. The van der Waals surface area contributed by atoms with Gasteiger partial charge >= 0.3 is 0 Å². The van der Waals surface area contributed by atoms with Crippen molar-refractivity contribution in [1.29, 1.82) is 0 Å². The number of fused-ring (bicyclic) bond motifs is 5. The van der Waals surface area contributed by atoms with Gasteiger partial charge in [0.05, 0.1) is 16.9 Å². The Balaban J connectivity index is 1.67. The van der Waals surface area contributed by atoms with E-state index in [0.717, 1.165) is 56.4 Å². The monoisotopic (exact) mass is 411 g/mol. The summed E-state index contributed by atoms with van der Waals surface area (Å²) in [6.45, 7) is 5.77. The molecule has 1 amide bonds. The molecular weight excluding hydrogens is 386 g/mol. The maximum absolute atomic E-state index is 13.2. The smallest absolute Gasteiger partial charge is 0.221 e. The Hall–Kier alpha value is -3.47. The van der Waals surface area contributed by atoms with E-state index in [2.05, 4.69) is 30.2 Å². The largest absolute Gasteiger partial charge is 0.353 e. The van der Waals surface area contributed by atoms with Gasteiger partial charge in [0.2, 0.25) is 5.91 Å². The fraction of sp³-hybridized carbons (Fsp3) is 0.269. The van der Waals surface area contributed by atoms with Crippen molar-refractivity contribution in [2.45, 2.75) is 40.0 Å². The minimum absolute atomic E-state index is 0.0869. The Morgan fingerprint density at radius 3 is 2.58 bits per heavy atom. The second kappa shape index (κ2) is 7.05. The molecule has 0 saturated heterocycles. The van der Waals surface area contributed by atoms with Gasteiger partial charge < -0.3 is 10.3 Å². The first-order valence-corrected chi connectivity index (χ1v) is 10.6. The zero-order valence-corrected chi connectivity index (χ0v) is 18.0. The van der Waals surface area contributed by atoms with Crippen LogP contribution in [0, 0.1) is 5.41 Å². The van der Waals surface area contributed by atoms with E-state index < -0.39 is 0 Å².